The van der Waals surface area contributed by atoms with Crippen LogP contribution in [0.4, 0.5) is 5.13 Å². The van der Waals surface area contributed by atoms with E-state index in [1.165, 1.54) is 23.1 Å². The van der Waals surface area contributed by atoms with Crippen molar-refractivity contribution in [1.82, 2.24) is 20.2 Å². The van der Waals surface area contributed by atoms with Crippen molar-refractivity contribution in [3.8, 4) is 0 Å². The molecule has 3 aromatic heterocycles. The minimum atomic E-state index is -0.180. The van der Waals surface area contributed by atoms with Crippen LogP contribution in [-0.2, 0) is 12.3 Å². The van der Waals surface area contributed by atoms with Crippen LogP contribution in [-0.4, -0.2) is 20.2 Å². The van der Waals surface area contributed by atoms with E-state index >= 15 is 0 Å². The maximum atomic E-state index is 12.1. The predicted molar refractivity (Wildman–Crippen MR) is 103 cm³/mol. The lowest BCUT2D eigenvalue weighted by Gasteiger charge is -2.02. The molecular weight excluding hydrogens is 394 g/mol. The number of aromatic amines is 1. The molecule has 0 fully saturated rings. The van der Waals surface area contributed by atoms with Crippen LogP contribution in [0.3, 0.4) is 0 Å². The van der Waals surface area contributed by atoms with Gasteiger partial charge in [-0.1, -0.05) is 34.7 Å². The number of rotatable bonds is 6. The van der Waals surface area contributed by atoms with Crippen molar-refractivity contribution in [2.45, 2.75) is 16.6 Å². The molecule has 0 radical (unpaired) electrons. The molecule has 7 nitrogen and oxygen atoms in total. The fourth-order valence-corrected chi connectivity index (χ4v) is 4.06. The number of hydrogen-bond donors (Lipinski definition) is 2. The summed E-state index contributed by atoms with van der Waals surface area (Å²) in [4.78, 5) is 19.4. The number of hydrogen-bond acceptors (Lipinski definition) is 8. The Morgan fingerprint density at radius 1 is 1.31 bits per heavy atom. The van der Waals surface area contributed by atoms with Gasteiger partial charge in [0.25, 0.3) is 5.56 Å². The molecule has 0 spiro atoms. The Kier molecular flexibility index (Phi) is 4.91. The lowest BCUT2D eigenvalue weighted by atomic mass is 10.2. The summed E-state index contributed by atoms with van der Waals surface area (Å²) < 4.78 is 6.04. The monoisotopic (exact) mass is 405 g/mol. The summed E-state index contributed by atoms with van der Waals surface area (Å²) in [5.74, 6) is 1.87. The van der Waals surface area contributed by atoms with E-state index in [0.29, 0.717) is 39.2 Å². The van der Waals surface area contributed by atoms with E-state index in [9.17, 15) is 4.79 Å². The standard InChI is InChI=1S/C16H12ClN5O2S2/c17-9-3-4-11-12(6-9)19-13(20-14(11)23)8-25-16-22-21-15(26-16)18-7-10-2-1-5-24-10/h1-6H,7-8H2,(H,18,21)(H,19,20,23). The minimum Gasteiger partial charge on any atom is -0.467 e. The molecule has 0 amide bonds. The van der Waals surface area contributed by atoms with Crippen molar-refractivity contribution in [3.05, 3.63) is 63.6 Å². The third kappa shape index (κ3) is 3.90. The molecule has 132 valence electrons. The predicted octanol–water partition coefficient (Wildman–Crippen LogP) is 3.93. The zero-order chi connectivity index (χ0) is 17.9. The Bertz CT molecular complexity index is 1090. The van der Waals surface area contributed by atoms with Crippen LogP contribution in [0, 0.1) is 0 Å². The van der Waals surface area contributed by atoms with Gasteiger partial charge in [-0.05, 0) is 30.3 Å². The van der Waals surface area contributed by atoms with Gasteiger partial charge in [-0.2, -0.15) is 0 Å². The molecule has 0 saturated heterocycles. The van der Waals surface area contributed by atoms with Gasteiger partial charge in [-0.15, -0.1) is 10.2 Å². The average Bonchev–Trinajstić information content (AvgIpc) is 3.29. The number of fused-ring (bicyclic) bond motifs is 1. The molecule has 0 unspecified atom stereocenters. The minimum absolute atomic E-state index is 0.180. The van der Waals surface area contributed by atoms with Gasteiger partial charge in [0.05, 0.1) is 29.5 Å². The molecule has 0 saturated carbocycles. The van der Waals surface area contributed by atoms with Crippen LogP contribution >= 0.6 is 34.7 Å². The van der Waals surface area contributed by atoms with E-state index in [1.54, 1.807) is 24.5 Å². The van der Waals surface area contributed by atoms with E-state index in [4.69, 9.17) is 16.0 Å². The van der Waals surface area contributed by atoms with Crippen molar-refractivity contribution in [2.24, 2.45) is 0 Å². The van der Waals surface area contributed by atoms with Gasteiger partial charge in [0.15, 0.2) is 4.34 Å². The highest BCUT2D eigenvalue weighted by atomic mass is 35.5. The molecule has 1 aromatic carbocycles. The second-order valence-corrected chi connectivity index (χ2v) is 7.91. The van der Waals surface area contributed by atoms with Gasteiger partial charge >= 0.3 is 0 Å². The lowest BCUT2D eigenvalue weighted by molar-refractivity contribution is 0.518. The summed E-state index contributed by atoms with van der Waals surface area (Å²) in [5.41, 5.74) is 0.398. The van der Waals surface area contributed by atoms with Crippen LogP contribution < -0.4 is 10.9 Å². The third-order valence-corrected chi connectivity index (χ3v) is 5.71. The maximum absolute atomic E-state index is 12.1. The molecule has 0 aliphatic heterocycles. The number of anilines is 1. The van der Waals surface area contributed by atoms with Crippen molar-refractivity contribution in [1.29, 1.82) is 0 Å². The number of nitrogens with one attached hydrogen (secondary N) is 2. The first-order valence-electron chi connectivity index (χ1n) is 7.58. The van der Waals surface area contributed by atoms with E-state index in [0.717, 1.165) is 10.1 Å². The van der Waals surface area contributed by atoms with Crippen LogP contribution in [0.15, 0.2) is 50.1 Å². The molecule has 4 rings (SSSR count). The Balaban J connectivity index is 1.42. The number of furan rings is 1. The molecule has 4 aromatic rings. The molecule has 26 heavy (non-hydrogen) atoms. The Hall–Kier alpha value is -2.36. The summed E-state index contributed by atoms with van der Waals surface area (Å²) in [6.45, 7) is 0.548. The van der Waals surface area contributed by atoms with Crippen molar-refractivity contribution >= 4 is 50.7 Å². The van der Waals surface area contributed by atoms with Gasteiger partial charge < -0.3 is 14.7 Å². The molecule has 0 bridgehead atoms. The van der Waals surface area contributed by atoms with E-state index in [2.05, 4.69) is 25.5 Å². The molecule has 3 heterocycles. The number of thioether (sulfide) groups is 1. The summed E-state index contributed by atoms with van der Waals surface area (Å²) in [5, 5.41) is 13.1. The number of benzene rings is 1. The third-order valence-electron chi connectivity index (χ3n) is 3.45. The number of halogens is 1. The molecule has 0 aliphatic rings. The van der Waals surface area contributed by atoms with E-state index < -0.39 is 0 Å². The maximum Gasteiger partial charge on any atom is 0.258 e. The van der Waals surface area contributed by atoms with Gasteiger partial charge in [-0.3, -0.25) is 4.79 Å². The average molecular weight is 406 g/mol. The smallest absolute Gasteiger partial charge is 0.258 e. The quantitative estimate of drug-likeness (QED) is 0.469. The van der Waals surface area contributed by atoms with E-state index in [1.807, 2.05) is 12.1 Å². The van der Waals surface area contributed by atoms with Gasteiger partial charge in [0.1, 0.15) is 11.6 Å². The fraction of sp³-hybridized carbons (Fsp3) is 0.125. The molecule has 0 atom stereocenters. The number of H-pyrrole nitrogens is 1. The van der Waals surface area contributed by atoms with Crippen molar-refractivity contribution in [3.63, 3.8) is 0 Å². The van der Waals surface area contributed by atoms with Gasteiger partial charge in [-0.25, -0.2) is 4.98 Å². The number of nitrogens with zero attached hydrogens (tertiary/aromatic N) is 3. The molecular formula is C16H12ClN5O2S2. The van der Waals surface area contributed by atoms with Crippen LogP contribution in [0.2, 0.25) is 5.02 Å². The summed E-state index contributed by atoms with van der Waals surface area (Å²) in [6.07, 6.45) is 1.63. The summed E-state index contributed by atoms with van der Waals surface area (Å²) in [6, 6.07) is 8.75. The van der Waals surface area contributed by atoms with Gasteiger partial charge in [0.2, 0.25) is 5.13 Å². The van der Waals surface area contributed by atoms with Crippen molar-refractivity contribution < 1.29 is 4.42 Å². The highest BCUT2D eigenvalue weighted by Gasteiger charge is 2.09. The fourth-order valence-electron chi connectivity index (χ4n) is 2.27. The van der Waals surface area contributed by atoms with Crippen LogP contribution in [0.1, 0.15) is 11.6 Å². The largest absolute Gasteiger partial charge is 0.467 e. The SMILES string of the molecule is O=c1[nH]c(CSc2nnc(NCc3ccco3)s2)nc2cc(Cl)ccc12. The highest BCUT2D eigenvalue weighted by molar-refractivity contribution is 8.00. The second kappa shape index (κ2) is 7.48. The van der Waals surface area contributed by atoms with Crippen LogP contribution in [0.25, 0.3) is 10.9 Å². The lowest BCUT2D eigenvalue weighted by Crippen LogP contribution is -2.11. The zero-order valence-corrected chi connectivity index (χ0v) is 15.6. The first-order valence-corrected chi connectivity index (χ1v) is 9.76. The summed E-state index contributed by atoms with van der Waals surface area (Å²) in [7, 11) is 0. The highest BCUT2D eigenvalue weighted by Crippen LogP contribution is 2.28. The molecule has 0 aliphatic carbocycles. The Morgan fingerprint density at radius 2 is 2.23 bits per heavy atom. The topological polar surface area (TPSA) is 96.7 Å². The van der Waals surface area contributed by atoms with Crippen molar-refractivity contribution in [2.75, 3.05) is 5.32 Å². The first kappa shape index (κ1) is 17.1. The summed E-state index contributed by atoms with van der Waals surface area (Å²) >= 11 is 8.86. The zero-order valence-electron chi connectivity index (χ0n) is 13.2. The molecule has 2 N–H and O–H groups in total. The normalized spacial score (nSPS) is 11.1. The Morgan fingerprint density at radius 3 is 3.08 bits per heavy atom. The van der Waals surface area contributed by atoms with E-state index in [-0.39, 0.29) is 5.56 Å². The second-order valence-electron chi connectivity index (χ2n) is 5.27. The van der Waals surface area contributed by atoms with Crippen LogP contribution in [0.5, 0.6) is 0 Å². The first-order chi connectivity index (χ1) is 12.7. The van der Waals surface area contributed by atoms with Gasteiger partial charge in [0, 0.05) is 5.02 Å². The molecule has 10 heteroatoms. The number of aromatic nitrogens is 4. The Labute approximate surface area is 160 Å².